The lowest BCUT2D eigenvalue weighted by atomic mass is 9.80. The first kappa shape index (κ1) is 34.5. The van der Waals surface area contributed by atoms with Gasteiger partial charge in [0.25, 0.3) is 0 Å². The summed E-state index contributed by atoms with van der Waals surface area (Å²) in [6.45, 7) is 20.4. The monoisotopic (exact) mass is 642 g/mol. The van der Waals surface area contributed by atoms with Gasteiger partial charge >= 0.3 is 6.09 Å². The summed E-state index contributed by atoms with van der Waals surface area (Å²) in [5, 5.41) is 19.2. The fourth-order valence-electron chi connectivity index (χ4n) is 7.42. The molecule has 2 heterocycles. The smallest absolute Gasteiger partial charge is 0.414 e. The van der Waals surface area contributed by atoms with E-state index in [1.54, 1.807) is 11.9 Å². The number of nitrogens with zero attached hydrogens (tertiary/aromatic N) is 5. The van der Waals surface area contributed by atoms with Crippen molar-refractivity contribution in [3.05, 3.63) is 105 Å². The lowest BCUT2D eigenvalue weighted by molar-refractivity contribution is -0.433. The second kappa shape index (κ2) is 12.6. The van der Waals surface area contributed by atoms with E-state index in [9.17, 15) is 15.3 Å². The fourth-order valence-corrected chi connectivity index (χ4v) is 7.42. The van der Waals surface area contributed by atoms with E-state index in [1.165, 1.54) is 0 Å². The van der Waals surface area contributed by atoms with E-state index in [0.717, 1.165) is 76.7 Å². The molecule has 2 aliphatic heterocycles. The highest BCUT2D eigenvalue weighted by atomic mass is 16.6. The number of likely N-dealkylation sites (N-methyl/N-ethyl adjacent to an activating group) is 2. The Labute approximate surface area is 286 Å². The van der Waals surface area contributed by atoms with E-state index >= 15 is 0 Å². The molecule has 0 fully saturated rings. The largest absolute Gasteiger partial charge is 0.443 e. The van der Waals surface area contributed by atoms with Crippen LogP contribution in [0.2, 0.25) is 0 Å². The van der Waals surface area contributed by atoms with Gasteiger partial charge in [-0.25, -0.2) is 4.79 Å². The summed E-state index contributed by atoms with van der Waals surface area (Å²) in [6.07, 6.45) is 9.89. The van der Waals surface area contributed by atoms with Crippen LogP contribution >= 0.6 is 0 Å². The third-order valence-electron chi connectivity index (χ3n) is 9.83. The van der Waals surface area contributed by atoms with Crippen LogP contribution in [0.1, 0.15) is 97.4 Å². The Balaban J connectivity index is 1.60. The maximum absolute atomic E-state index is 13.5. The topological polar surface area (TPSA) is 83.4 Å². The van der Waals surface area contributed by atoms with Gasteiger partial charge in [0.05, 0.1) is 34.4 Å². The Morgan fingerprint density at radius 3 is 2.21 bits per heavy atom. The van der Waals surface area contributed by atoms with Crippen LogP contribution in [0.25, 0.3) is 0 Å². The number of rotatable bonds is 6. The number of benzene rings is 2. The van der Waals surface area contributed by atoms with Crippen LogP contribution in [0.5, 0.6) is 0 Å². The Bertz CT molecular complexity index is 1910. The van der Waals surface area contributed by atoms with E-state index in [4.69, 9.17) is 4.74 Å². The number of hydrogen-bond acceptors (Lipinski definition) is 5. The van der Waals surface area contributed by atoms with Gasteiger partial charge in [-0.05, 0) is 114 Å². The Hall–Kier alpha value is -4.88. The van der Waals surface area contributed by atoms with Crippen LogP contribution in [-0.2, 0) is 15.6 Å². The first-order valence-corrected chi connectivity index (χ1v) is 16.9. The zero-order valence-corrected chi connectivity index (χ0v) is 30.2. The van der Waals surface area contributed by atoms with Gasteiger partial charge in [-0.1, -0.05) is 26.0 Å². The van der Waals surface area contributed by atoms with Gasteiger partial charge in [-0.2, -0.15) is 15.1 Å². The van der Waals surface area contributed by atoms with Crippen molar-refractivity contribution in [1.82, 2.24) is 4.90 Å². The second-order valence-electron chi connectivity index (χ2n) is 14.8. The maximum atomic E-state index is 13.5. The predicted molar refractivity (Wildman–Crippen MR) is 192 cm³/mol. The molecule has 7 heteroatoms. The molecule has 1 amide bonds. The van der Waals surface area contributed by atoms with Crippen molar-refractivity contribution >= 4 is 23.2 Å². The normalized spacial score (nSPS) is 19.6. The third-order valence-corrected chi connectivity index (χ3v) is 9.83. The van der Waals surface area contributed by atoms with Gasteiger partial charge in [0, 0.05) is 48.1 Å². The molecule has 0 unspecified atom stereocenters. The molecular formula is C41H48N5O2+. The molecule has 5 rings (SSSR count). The van der Waals surface area contributed by atoms with Crippen LogP contribution < -0.4 is 4.90 Å². The van der Waals surface area contributed by atoms with Crippen LogP contribution in [0, 0.1) is 22.7 Å². The molecular weight excluding hydrogens is 594 g/mol. The van der Waals surface area contributed by atoms with E-state index in [-0.39, 0.29) is 10.8 Å². The highest BCUT2D eigenvalue weighted by Crippen LogP contribution is 2.48. The number of ether oxygens (including phenoxy) is 1. The molecule has 0 atom stereocenters. The second-order valence-corrected chi connectivity index (χ2v) is 14.8. The van der Waals surface area contributed by atoms with Crippen molar-refractivity contribution in [2.24, 2.45) is 0 Å². The minimum atomic E-state index is -0.630. The van der Waals surface area contributed by atoms with Gasteiger partial charge in [0.2, 0.25) is 5.69 Å². The van der Waals surface area contributed by atoms with Gasteiger partial charge in [-0.3, -0.25) is 4.90 Å². The number of amides is 1. The summed E-state index contributed by atoms with van der Waals surface area (Å²) in [7, 11) is 1.80. The number of fused-ring (bicyclic) bond motifs is 2. The molecule has 0 spiro atoms. The van der Waals surface area contributed by atoms with E-state index in [1.807, 2.05) is 57.2 Å². The quantitative estimate of drug-likeness (QED) is 0.294. The van der Waals surface area contributed by atoms with Crippen molar-refractivity contribution in [1.29, 1.82) is 10.5 Å². The van der Waals surface area contributed by atoms with Crippen LogP contribution in [0.4, 0.5) is 16.2 Å². The van der Waals surface area contributed by atoms with Crippen molar-refractivity contribution in [2.45, 2.75) is 91.6 Å². The SMILES string of the molecule is CCN1/C(=C/C=C2\CCC(/C=C/C3=[N+](CC)c4ccc(C#N)cc4C3(C)C)=C2N(C)C(=O)OC(C)(C)C)C(C)(C)c2cc(C#N)ccc21. The van der Waals surface area contributed by atoms with Crippen molar-refractivity contribution in [3.63, 3.8) is 0 Å². The molecule has 7 nitrogen and oxygen atoms in total. The number of nitriles is 2. The summed E-state index contributed by atoms with van der Waals surface area (Å²) < 4.78 is 8.16. The number of anilines is 1. The van der Waals surface area contributed by atoms with Gasteiger partial charge < -0.3 is 9.64 Å². The molecule has 0 saturated carbocycles. The lowest BCUT2D eigenvalue weighted by Crippen LogP contribution is -2.34. The number of allylic oxidation sites excluding steroid dienone is 7. The molecule has 48 heavy (non-hydrogen) atoms. The molecule has 248 valence electrons. The molecule has 1 aliphatic carbocycles. The molecule has 2 aromatic rings. The lowest BCUT2D eigenvalue weighted by Gasteiger charge is -2.27. The van der Waals surface area contributed by atoms with Crippen molar-refractivity contribution < 1.29 is 14.1 Å². The molecule has 0 N–H and O–H groups in total. The van der Waals surface area contributed by atoms with Crippen LogP contribution in [-0.4, -0.2) is 47.0 Å². The molecule has 0 aromatic heterocycles. The maximum Gasteiger partial charge on any atom is 0.414 e. The summed E-state index contributed by atoms with van der Waals surface area (Å²) in [5.74, 6) is 0. The average Bonchev–Trinajstić information content (AvgIpc) is 3.61. The molecule has 0 saturated heterocycles. The Morgan fingerprint density at radius 2 is 1.60 bits per heavy atom. The number of carbonyl (C=O) groups is 1. The molecule has 3 aliphatic rings. The number of carbonyl (C=O) groups excluding carboxylic acids is 1. The predicted octanol–water partition coefficient (Wildman–Crippen LogP) is 8.93. The van der Waals surface area contributed by atoms with Gasteiger partial charge in [0.15, 0.2) is 5.71 Å². The van der Waals surface area contributed by atoms with E-state index in [0.29, 0.717) is 11.1 Å². The summed E-state index contributed by atoms with van der Waals surface area (Å²) in [6, 6.07) is 16.5. The Kier molecular flexibility index (Phi) is 9.06. The van der Waals surface area contributed by atoms with Crippen molar-refractivity contribution in [3.8, 4) is 12.1 Å². The minimum absolute atomic E-state index is 0.299. The zero-order chi connectivity index (χ0) is 35.2. The van der Waals surface area contributed by atoms with Gasteiger partial charge in [0.1, 0.15) is 12.1 Å². The molecule has 2 aromatic carbocycles. The van der Waals surface area contributed by atoms with Crippen LogP contribution in [0.3, 0.4) is 0 Å². The van der Waals surface area contributed by atoms with E-state index < -0.39 is 11.7 Å². The molecule has 0 radical (unpaired) electrons. The number of hydrogen-bond donors (Lipinski definition) is 0. The average molecular weight is 643 g/mol. The summed E-state index contributed by atoms with van der Waals surface area (Å²) in [5.41, 5.74) is 9.95. The molecule has 0 bridgehead atoms. The first-order chi connectivity index (χ1) is 22.6. The van der Waals surface area contributed by atoms with Crippen molar-refractivity contribution in [2.75, 3.05) is 25.0 Å². The van der Waals surface area contributed by atoms with E-state index in [2.05, 4.69) is 87.5 Å². The van der Waals surface area contributed by atoms with Crippen LogP contribution in [0.15, 0.2) is 83.2 Å². The standard InChI is InChI=1S/C41H48N5O2/c1-11-45-33-19-13-27(25-42)23-31(33)40(6,7)35(45)21-17-29-15-16-30(37(29)44(10)38(47)48-39(3,4)5)18-22-36-41(8,9)32-24-28(26-43)14-20-34(32)46(36)12-2/h13-14,17-24H,11-12,15-16H2,1-10H3/q+1. The highest BCUT2D eigenvalue weighted by Gasteiger charge is 2.44. The zero-order valence-electron chi connectivity index (χ0n) is 30.2. The van der Waals surface area contributed by atoms with Gasteiger partial charge in [-0.15, -0.1) is 0 Å². The minimum Gasteiger partial charge on any atom is -0.443 e. The fraction of sp³-hybridized carbons (Fsp3) is 0.415. The Morgan fingerprint density at radius 1 is 0.958 bits per heavy atom. The summed E-state index contributed by atoms with van der Waals surface area (Å²) in [4.78, 5) is 17.5. The highest BCUT2D eigenvalue weighted by molar-refractivity contribution is 6.03. The third kappa shape index (κ3) is 5.99. The first-order valence-electron chi connectivity index (χ1n) is 16.9. The summed E-state index contributed by atoms with van der Waals surface area (Å²) >= 11 is 0.